The van der Waals surface area contributed by atoms with Crippen molar-refractivity contribution in [3.05, 3.63) is 68.7 Å². The van der Waals surface area contributed by atoms with E-state index in [0.717, 1.165) is 11.3 Å². The smallest absolute Gasteiger partial charge is 0.288 e. The maximum Gasteiger partial charge on any atom is 0.288 e. The maximum atomic E-state index is 12.0. The molecule has 0 spiro atoms. The third-order valence-electron chi connectivity index (χ3n) is 3.54. The van der Waals surface area contributed by atoms with Crippen molar-refractivity contribution in [3.8, 4) is 0 Å². The van der Waals surface area contributed by atoms with E-state index in [0.29, 0.717) is 11.3 Å². The number of rotatable bonds is 5. The van der Waals surface area contributed by atoms with Crippen LogP contribution in [0.15, 0.2) is 42.5 Å². The fraction of sp³-hybridized carbons (Fsp3) is 0.167. The summed E-state index contributed by atoms with van der Waals surface area (Å²) in [7, 11) is 3.91. The number of carbonyl (C=O) groups excluding carboxylic acids is 1. The Hall–Kier alpha value is -2.86. The van der Waals surface area contributed by atoms with E-state index in [2.05, 4.69) is 5.32 Å². The molecule has 7 heteroatoms. The van der Waals surface area contributed by atoms with Gasteiger partial charge in [-0.3, -0.25) is 14.9 Å². The lowest BCUT2D eigenvalue weighted by atomic mass is 10.1. The first-order chi connectivity index (χ1) is 11.8. The quantitative estimate of drug-likeness (QED) is 0.491. The fourth-order valence-corrected chi connectivity index (χ4v) is 2.55. The van der Waals surface area contributed by atoms with E-state index in [4.69, 9.17) is 11.6 Å². The highest BCUT2D eigenvalue weighted by Crippen LogP contribution is 2.25. The van der Waals surface area contributed by atoms with Crippen LogP contribution in [0.3, 0.4) is 0 Å². The van der Waals surface area contributed by atoms with Gasteiger partial charge in [-0.05, 0) is 48.4 Å². The second-order valence-electron chi connectivity index (χ2n) is 5.69. The molecule has 0 heterocycles. The summed E-state index contributed by atoms with van der Waals surface area (Å²) in [6, 6.07) is 9.99. The van der Waals surface area contributed by atoms with Gasteiger partial charge < -0.3 is 10.2 Å². The van der Waals surface area contributed by atoms with Crippen molar-refractivity contribution in [2.75, 3.05) is 24.3 Å². The monoisotopic (exact) mass is 359 g/mol. The Labute approximate surface area is 150 Å². The Morgan fingerprint density at radius 3 is 2.56 bits per heavy atom. The molecule has 0 unspecified atom stereocenters. The second kappa shape index (κ2) is 7.81. The number of carbonyl (C=O) groups is 1. The van der Waals surface area contributed by atoms with Gasteiger partial charge >= 0.3 is 0 Å². The zero-order valence-electron chi connectivity index (χ0n) is 14.1. The zero-order valence-corrected chi connectivity index (χ0v) is 14.9. The average Bonchev–Trinajstić information content (AvgIpc) is 2.53. The van der Waals surface area contributed by atoms with Crippen LogP contribution in [0.1, 0.15) is 11.1 Å². The SMILES string of the molecule is Cc1cc(NC(=O)/C=C/c2ccc(Cl)c([N+](=O)[O-])c2)ccc1N(C)C. The van der Waals surface area contributed by atoms with Crippen molar-refractivity contribution >= 4 is 40.6 Å². The first kappa shape index (κ1) is 18.5. The standard InChI is InChI=1S/C18H18ClN3O3/c1-12-10-14(6-8-16(12)21(2)3)20-18(23)9-5-13-4-7-15(19)17(11-13)22(24)25/h4-11H,1-3H3,(H,20,23)/b9-5+. The van der Waals surface area contributed by atoms with Crippen LogP contribution in [0.25, 0.3) is 6.08 Å². The number of nitro benzene ring substituents is 1. The third kappa shape index (κ3) is 4.81. The average molecular weight is 360 g/mol. The molecule has 0 fully saturated rings. The number of anilines is 2. The molecule has 0 aliphatic rings. The van der Waals surface area contributed by atoms with Crippen LogP contribution in [0.2, 0.25) is 5.02 Å². The van der Waals surface area contributed by atoms with E-state index in [1.54, 1.807) is 6.07 Å². The predicted molar refractivity (Wildman–Crippen MR) is 101 cm³/mol. The van der Waals surface area contributed by atoms with E-state index < -0.39 is 4.92 Å². The van der Waals surface area contributed by atoms with Gasteiger partial charge in [0.05, 0.1) is 4.92 Å². The predicted octanol–water partition coefficient (Wildman–Crippen LogP) is 4.27. The lowest BCUT2D eigenvalue weighted by molar-refractivity contribution is -0.384. The molecule has 2 aromatic rings. The molecular formula is C18H18ClN3O3. The summed E-state index contributed by atoms with van der Waals surface area (Å²) in [4.78, 5) is 24.3. The number of aryl methyl sites for hydroxylation is 1. The van der Waals surface area contributed by atoms with E-state index in [1.165, 1.54) is 24.3 Å². The molecule has 1 amide bonds. The van der Waals surface area contributed by atoms with Crippen LogP contribution in [0.4, 0.5) is 17.1 Å². The minimum atomic E-state index is -0.561. The third-order valence-corrected chi connectivity index (χ3v) is 3.86. The molecule has 0 saturated heterocycles. The van der Waals surface area contributed by atoms with Crippen LogP contribution in [-0.2, 0) is 4.79 Å². The van der Waals surface area contributed by atoms with Crippen molar-refractivity contribution in [2.45, 2.75) is 6.92 Å². The molecule has 0 saturated carbocycles. The molecule has 0 bridgehead atoms. The summed E-state index contributed by atoms with van der Waals surface area (Å²) in [5, 5.41) is 13.7. The molecule has 2 aromatic carbocycles. The lowest BCUT2D eigenvalue weighted by Gasteiger charge is -2.16. The van der Waals surface area contributed by atoms with Crippen molar-refractivity contribution in [2.24, 2.45) is 0 Å². The van der Waals surface area contributed by atoms with Crippen LogP contribution in [-0.4, -0.2) is 24.9 Å². The van der Waals surface area contributed by atoms with Crippen molar-refractivity contribution in [1.82, 2.24) is 0 Å². The number of nitrogens with one attached hydrogen (secondary N) is 1. The Kier molecular flexibility index (Phi) is 5.77. The fourth-order valence-electron chi connectivity index (χ4n) is 2.36. The summed E-state index contributed by atoms with van der Waals surface area (Å²) in [6.07, 6.45) is 2.82. The summed E-state index contributed by atoms with van der Waals surface area (Å²) in [5.41, 5.74) is 3.12. The number of hydrogen-bond acceptors (Lipinski definition) is 4. The molecule has 0 aliphatic carbocycles. The Morgan fingerprint density at radius 2 is 1.96 bits per heavy atom. The lowest BCUT2D eigenvalue weighted by Crippen LogP contribution is -2.11. The van der Waals surface area contributed by atoms with Gasteiger partial charge in [-0.15, -0.1) is 0 Å². The van der Waals surface area contributed by atoms with Gasteiger partial charge in [0.15, 0.2) is 0 Å². The normalized spacial score (nSPS) is 10.7. The van der Waals surface area contributed by atoms with Gasteiger partial charge in [0.1, 0.15) is 5.02 Å². The second-order valence-corrected chi connectivity index (χ2v) is 6.09. The highest BCUT2D eigenvalue weighted by atomic mass is 35.5. The number of nitrogens with zero attached hydrogens (tertiary/aromatic N) is 2. The van der Waals surface area contributed by atoms with Gasteiger partial charge in [-0.1, -0.05) is 17.7 Å². The molecule has 0 aromatic heterocycles. The maximum absolute atomic E-state index is 12.0. The highest BCUT2D eigenvalue weighted by Gasteiger charge is 2.11. The topological polar surface area (TPSA) is 75.5 Å². The van der Waals surface area contributed by atoms with Gasteiger partial charge in [-0.2, -0.15) is 0 Å². The Morgan fingerprint density at radius 1 is 1.24 bits per heavy atom. The summed E-state index contributed by atoms with van der Waals surface area (Å²) < 4.78 is 0. The summed E-state index contributed by atoms with van der Waals surface area (Å²) >= 11 is 5.76. The Balaban J connectivity index is 2.10. The number of nitro groups is 1. The number of halogens is 1. The molecular weight excluding hydrogens is 342 g/mol. The minimum absolute atomic E-state index is 0.0584. The van der Waals surface area contributed by atoms with Gasteiger partial charge in [0, 0.05) is 37.6 Å². The molecule has 0 atom stereocenters. The van der Waals surface area contributed by atoms with Gasteiger partial charge in [-0.25, -0.2) is 0 Å². The summed E-state index contributed by atoms with van der Waals surface area (Å²) in [5.74, 6) is -0.324. The van der Waals surface area contributed by atoms with Crippen molar-refractivity contribution in [1.29, 1.82) is 0 Å². The van der Waals surface area contributed by atoms with E-state index in [-0.39, 0.29) is 16.6 Å². The van der Waals surface area contributed by atoms with Crippen LogP contribution in [0, 0.1) is 17.0 Å². The molecule has 25 heavy (non-hydrogen) atoms. The highest BCUT2D eigenvalue weighted by molar-refractivity contribution is 6.32. The molecule has 0 radical (unpaired) electrons. The van der Waals surface area contributed by atoms with Crippen LogP contribution >= 0.6 is 11.6 Å². The van der Waals surface area contributed by atoms with Gasteiger partial charge in [0.2, 0.25) is 5.91 Å². The summed E-state index contributed by atoms with van der Waals surface area (Å²) in [6.45, 7) is 1.97. The van der Waals surface area contributed by atoms with E-state index in [9.17, 15) is 14.9 Å². The van der Waals surface area contributed by atoms with Crippen LogP contribution < -0.4 is 10.2 Å². The molecule has 0 aliphatic heterocycles. The van der Waals surface area contributed by atoms with E-state index in [1.807, 2.05) is 44.1 Å². The first-order valence-electron chi connectivity index (χ1n) is 7.49. The van der Waals surface area contributed by atoms with Crippen molar-refractivity contribution in [3.63, 3.8) is 0 Å². The largest absolute Gasteiger partial charge is 0.377 e. The molecule has 6 nitrogen and oxygen atoms in total. The molecule has 130 valence electrons. The van der Waals surface area contributed by atoms with Crippen molar-refractivity contribution < 1.29 is 9.72 Å². The van der Waals surface area contributed by atoms with Gasteiger partial charge in [0.25, 0.3) is 5.69 Å². The zero-order chi connectivity index (χ0) is 18.6. The molecule has 2 rings (SSSR count). The number of benzene rings is 2. The minimum Gasteiger partial charge on any atom is -0.377 e. The van der Waals surface area contributed by atoms with Crippen LogP contribution in [0.5, 0.6) is 0 Å². The number of amides is 1. The Bertz CT molecular complexity index is 847. The van der Waals surface area contributed by atoms with E-state index >= 15 is 0 Å². The first-order valence-corrected chi connectivity index (χ1v) is 7.86. The number of hydrogen-bond donors (Lipinski definition) is 1. The molecule has 1 N–H and O–H groups in total.